The van der Waals surface area contributed by atoms with Crippen molar-refractivity contribution in [3.05, 3.63) is 42.4 Å². The molecular formula is C14H14O3S2. The van der Waals surface area contributed by atoms with Crippen molar-refractivity contribution >= 4 is 34.6 Å². The third-order valence-corrected chi connectivity index (χ3v) is 4.49. The topological polar surface area (TPSA) is 43.6 Å². The molecule has 3 nitrogen and oxygen atoms in total. The molecule has 0 amide bonds. The Morgan fingerprint density at radius 1 is 1.21 bits per heavy atom. The normalized spacial score (nSPS) is 13.8. The first-order chi connectivity index (χ1) is 9.24. The molecule has 0 saturated heterocycles. The molecule has 0 spiro atoms. The number of thiophene rings is 2. The van der Waals surface area contributed by atoms with E-state index in [-0.39, 0.29) is 5.95 Å². The Morgan fingerprint density at radius 2 is 1.95 bits per heavy atom. The van der Waals surface area contributed by atoms with E-state index in [9.17, 15) is 5.11 Å². The van der Waals surface area contributed by atoms with Crippen LogP contribution in [0.15, 0.2) is 24.3 Å². The van der Waals surface area contributed by atoms with Crippen LogP contribution >= 0.6 is 22.7 Å². The van der Waals surface area contributed by atoms with Gasteiger partial charge in [0.05, 0.1) is 5.95 Å². The highest BCUT2D eigenvalue weighted by atomic mass is 32.1. The second kappa shape index (κ2) is 6.57. The van der Waals surface area contributed by atoms with Crippen molar-refractivity contribution in [2.75, 3.05) is 13.2 Å². The van der Waals surface area contributed by atoms with Gasteiger partial charge in [0.1, 0.15) is 0 Å². The Morgan fingerprint density at radius 3 is 2.68 bits per heavy atom. The van der Waals surface area contributed by atoms with Crippen molar-refractivity contribution in [2.24, 2.45) is 0 Å². The predicted octanol–water partition coefficient (Wildman–Crippen LogP) is 0.618. The molecule has 2 aromatic rings. The molecule has 0 unspecified atom stereocenters. The quantitative estimate of drug-likeness (QED) is 0.779. The lowest BCUT2D eigenvalue weighted by Crippen LogP contribution is -2.15. The number of ether oxygens (including phenoxy) is 1. The van der Waals surface area contributed by atoms with E-state index in [1.807, 2.05) is 25.1 Å². The van der Waals surface area contributed by atoms with Crippen LogP contribution in [0.5, 0.6) is 0 Å². The third kappa shape index (κ3) is 3.47. The summed E-state index contributed by atoms with van der Waals surface area (Å²) in [6.07, 6.45) is 0. The zero-order chi connectivity index (χ0) is 13.7. The molecule has 0 aliphatic heterocycles. The molecule has 2 rings (SSSR count). The number of hydrogen-bond donors (Lipinski definition) is 0. The fraction of sp³-hybridized carbons (Fsp3) is 0.286. The smallest absolute Gasteiger partial charge is 0.363 e. The molecule has 2 aromatic heterocycles. The molecule has 100 valence electrons. The fourth-order valence-corrected chi connectivity index (χ4v) is 3.30. The summed E-state index contributed by atoms with van der Waals surface area (Å²) in [7, 11) is 0. The van der Waals surface area contributed by atoms with Gasteiger partial charge < -0.3 is 9.84 Å². The van der Waals surface area contributed by atoms with Crippen molar-refractivity contribution in [3.63, 3.8) is 0 Å². The summed E-state index contributed by atoms with van der Waals surface area (Å²) >= 11 is 3.03. The lowest BCUT2D eigenvalue weighted by molar-refractivity contribution is -0.290. The highest BCUT2D eigenvalue weighted by molar-refractivity contribution is 7.11. The molecule has 0 atom stereocenters. The predicted molar refractivity (Wildman–Crippen MR) is 75.9 cm³/mol. The second-order valence-corrected chi connectivity index (χ2v) is 5.75. The monoisotopic (exact) mass is 294 g/mol. The first-order valence-electron chi connectivity index (χ1n) is 5.99. The van der Waals surface area contributed by atoms with Crippen LogP contribution in [0.1, 0.15) is 13.8 Å². The Balaban J connectivity index is 2.59. The standard InChI is InChI=1S/C14H14O3S2/c1-3-16-9-10-5-6-11(18-10)12-7-8-13(19-12)14(15)17-4-2/h5-8H,3-4H2,1-2H3. The zero-order valence-electron chi connectivity index (χ0n) is 10.8. The summed E-state index contributed by atoms with van der Waals surface area (Å²) < 4.78 is 13.8. The summed E-state index contributed by atoms with van der Waals surface area (Å²) in [5.74, 6) is 2.60. The average molecular weight is 294 g/mol. The van der Waals surface area contributed by atoms with Crippen LogP contribution < -0.4 is 14.2 Å². The molecule has 0 aromatic carbocycles. The molecule has 0 aliphatic rings. The largest absolute Gasteiger partial charge is 0.613 e. The third-order valence-electron chi connectivity index (χ3n) is 2.25. The second-order valence-electron chi connectivity index (χ2n) is 3.58. The van der Waals surface area contributed by atoms with Gasteiger partial charge in [0, 0.05) is 20.5 Å². The highest BCUT2D eigenvalue weighted by Gasteiger charge is 1.93. The van der Waals surface area contributed by atoms with Crippen molar-refractivity contribution in [1.82, 2.24) is 0 Å². The van der Waals surface area contributed by atoms with Crippen LogP contribution in [-0.2, 0) is 9.16 Å². The average Bonchev–Trinajstić information content (AvgIpc) is 3.05. The molecule has 19 heavy (non-hydrogen) atoms. The van der Waals surface area contributed by atoms with Gasteiger partial charge in [0.25, 0.3) is 6.61 Å². The minimum Gasteiger partial charge on any atom is -0.613 e. The molecular weight excluding hydrogens is 280 g/mol. The van der Waals surface area contributed by atoms with Crippen LogP contribution in [0.4, 0.5) is 0 Å². The summed E-state index contributed by atoms with van der Waals surface area (Å²) in [5, 5.41) is 11.6. The first kappa shape index (κ1) is 13.9. The SMILES string of the molecule is CCOC([O-])=c1ccc(=c2ccc(=C=[O+]CC)s2)s1. The first-order valence-corrected chi connectivity index (χ1v) is 7.62. The van der Waals surface area contributed by atoms with Gasteiger partial charge in [-0.2, -0.15) is 0 Å². The van der Waals surface area contributed by atoms with E-state index in [2.05, 4.69) is 5.94 Å². The summed E-state index contributed by atoms with van der Waals surface area (Å²) in [6.45, 7) is 4.73. The maximum atomic E-state index is 11.6. The molecule has 2 heterocycles. The van der Waals surface area contributed by atoms with Crippen molar-refractivity contribution < 1.29 is 14.3 Å². The van der Waals surface area contributed by atoms with E-state index in [4.69, 9.17) is 9.16 Å². The lowest BCUT2D eigenvalue weighted by Gasteiger charge is -2.10. The number of rotatable bonds is 3. The summed E-state index contributed by atoms with van der Waals surface area (Å²) in [5.41, 5.74) is 0. The van der Waals surface area contributed by atoms with Crippen molar-refractivity contribution in [1.29, 1.82) is 0 Å². The number of carbonyl (C=O) groups excluding carboxylic acids is 1. The Labute approximate surface area is 118 Å². The molecule has 0 aliphatic carbocycles. The van der Waals surface area contributed by atoms with Gasteiger partial charge in [0.15, 0.2) is 4.53 Å². The Bertz CT molecular complexity index is 779. The number of hydrogen-bond acceptors (Lipinski definition) is 4. The maximum Gasteiger partial charge on any atom is 0.363 e. The van der Waals surface area contributed by atoms with Crippen LogP contribution in [0, 0.1) is 9.06 Å². The van der Waals surface area contributed by atoms with Crippen molar-refractivity contribution in [2.45, 2.75) is 13.8 Å². The van der Waals surface area contributed by atoms with Crippen LogP contribution in [0.2, 0.25) is 0 Å². The summed E-state index contributed by atoms with van der Waals surface area (Å²) in [6, 6.07) is 7.70. The molecule has 0 bridgehead atoms. The molecule has 0 saturated carbocycles. The van der Waals surface area contributed by atoms with E-state index in [1.165, 1.54) is 11.3 Å². The van der Waals surface area contributed by atoms with E-state index >= 15 is 0 Å². The summed E-state index contributed by atoms with van der Waals surface area (Å²) in [4.78, 5) is 0. The van der Waals surface area contributed by atoms with Crippen LogP contribution in [0.3, 0.4) is 0 Å². The molecule has 0 fully saturated rings. The highest BCUT2D eigenvalue weighted by Crippen LogP contribution is 2.03. The van der Waals surface area contributed by atoms with E-state index < -0.39 is 0 Å². The maximum absolute atomic E-state index is 11.6. The molecule has 0 N–H and O–H groups in total. The van der Waals surface area contributed by atoms with E-state index in [0.717, 1.165) is 13.6 Å². The van der Waals surface area contributed by atoms with E-state index in [0.29, 0.717) is 17.7 Å². The van der Waals surface area contributed by atoms with Crippen molar-refractivity contribution in [3.8, 4) is 0 Å². The van der Waals surface area contributed by atoms with Gasteiger partial charge in [-0.05, 0) is 30.9 Å². The van der Waals surface area contributed by atoms with Gasteiger partial charge in [0.2, 0.25) is 0 Å². The Hall–Kier alpha value is -1.55. The Kier molecular flexibility index (Phi) is 4.80. The minimum absolute atomic E-state index is 0.261. The minimum atomic E-state index is -0.261. The fourth-order valence-electron chi connectivity index (χ4n) is 1.45. The van der Waals surface area contributed by atoms with Gasteiger partial charge in [-0.25, -0.2) is 4.42 Å². The lowest BCUT2D eigenvalue weighted by atomic mass is 10.5. The van der Waals surface area contributed by atoms with Crippen LogP contribution in [0.25, 0.3) is 5.95 Å². The molecule has 0 radical (unpaired) electrons. The van der Waals surface area contributed by atoms with Gasteiger partial charge in [-0.3, -0.25) is 0 Å². The van der Waals surface area contributed by atoms with Gasteiger partial charge in [-0.1, -0.05) is 6.92 Å². The van der Waals surface area contributed by atoms with E-state index in [1.54, 1.807) is 24.3 Å². The molecule has 5 heteroatoms. The zero-order valence-corrected chi connectivity index (χ0v) is 12.4. The van der Waals surface area contributed by atoms with Gasteiger partial charge >= 0.3 is 5.94 Å². The van der Waals surface area contributed by atoms with Crippen LogP contribution in [-0.4, -0.2) is 19.2 Å². The van der Waals surface area contributed by atoms with Gasteiger partial charge in [-0.15, -0.1) is 22.7 Å².